The van der Waals surface area contributed by atoms with Crippen molar-refractivity contribution in [3.63, 3.8) is 0 Å². The average Bonchev–Trinajstić information content (AvgIpc) is 1.87. The fourth-order valence-corrected chi connectivity index (χ4v) is 0.408. The van der Waals surface area contributed by atoms with E-state index in [1.54, 1.807) is 13.8 Å². The Morgan fingerprint density at radius 2 is 1.15 bits per heavy atom. The van der Waals surface area contributed by atoms with E-state index >= 15 is 0 Å². The molecule has 0 heterocycles. The van der Waals surface area contributed by atoms with Crippen molar-refractivity contribution >= 4 is 29.5 Å². The molecule has 0 radical (unpaired) electrons. The minimum atomic E-state index is -0.961. The van der Waals surface area contributed by atoms with Crippen molar-refractivity contribution in [2.45, 2.75) is 39.5 Å². The van der Waals surface area contributed by atoms with Gasteiger partial charge >= 0.3 is 17.6 Å². The number of hydrogen-bond acceptors (Lipinski definition) is 4. The van der Waals surface area contributed by atoms with Gasteiger partial charge in [-0.15, -0.1) is 0 Å². The molecule has 0 spiro atoms. The second-order valence-corrected chi connectivity index (χ2v) is 2.24. The van der Waals surface area contributed by atoms with Gasteiger partial charge in [0.05, 0.1) is 0 Å². The molecule has 0 amide bonds. The summed E-state index contributed by atoms with van der Waals surface area (Å²) in [7, 11) is 0. The molecule has 0 bridgehead atoms. The fraction of sp³-hybridized carbons (Fsp3) is 0.750. The van der Waals surface area contributed by atoms with Crippen LogP contribution in [0, 0.1) is 0 Å². The molecule has 0 aromatic heterocycles. The second kappa shape index (κ2) is 14.0. The Morgan fingerprint density at radius 3 is 1.15 bits per heavy atom. The fourth-order valence-electron chi connectivity index (χ4n) is 0.408. The Hall–Kier alpha value is -0.517. The number of carbonyl (C=O) groups is 2. The van der Waals surface area contributed by atoms with Crippen LogP contribution >= 0.6 is 0 Å². The predicted molar refractivity (Wildman–Crippen MR) is 48.4 cm³/mol. The van der Waals surface area contributed by atoms with Gasteiger partial charge in [-0.3, -0.25) is 0 Å². The number of rotatable bonds is 4. The third kappa shape index (κ3) is 34.3. The van der Waals surface area contributed by atoms with Crippen molar-refractivity contribution in [2.24, 2.45) is 0 Å². The summed E-state index contributed by atoms with van der Waals surface area (Å²) in [4.78, 5) is 19.0. The molecule has 0 aliphatic rings. The molecule has 0 saturated heterocycles. The molecular formula is C8H16GeO4. The van der Waals surface area contributed by atoms with E-state index in [0.29, 0.717) is 12.8 Å². The maximum absolute atomic E-state index is 9.49. The van der Waals surface area contributed by atoms with E-state index in [-0.39, 0.29) is 30.4 Å². The first-order chi connectivity index (χ1) is 5.54. The molecule has 0 aliphatic carbocycles. The number of carboxylic acid groups (broad SMARTS) is 2. The standard InChI is InChI=1S/2C4H8O2.GeH2/c2*1-2-3-4(5)6;/h2*2-3H2,1H3,(H,5,6);1H2/q;;+2/p-2. The van der Waals surface area contributed by atoms with Crippen molar-refractivity contribution in [3.8, 4) is 0 Å². The van der Waals surface area contributed by atoms with Crippen LogP contribution in [0.3, 0.4) is 0 Å². The van der Waals surface area contributed by atoms with Crippen LogP contribution in [0.1, 0.15) is 39.5 Å². The SMILES string of the molecule is CCCC(=O)[O-].CCCC(=O)[O-].[GeH2+2]. The van der Waals surface area contributed by atoms with Crippen LogP contribution in [0.4, 0.5) is 0 Å². The van der Waals surface area contributed by atoms with Crippen molar-refractivity contribution in [1.29, 1.82) is 0 Å². The first-order valence-electron chi connectivity index (χ1n) is 3.94. The topological polar surface area (TPSA) is 80.3 Å². The molecule has 0 aromatic carbocycles. The maximum atomic E-state index is 9.49. The van der Waals surface area contributed by atoms with Crippen LogP contribution in [-0.4, -0.2) is 29.5 Å². The van der Waals surface area contributed by atoms with E-state index < -0.39 is 11.9 Å². The molecular weight excluding hydrogens is 233 g/mol. The monoisotopic (exact) mass is 250 g/mol. The second-order valence-electron chi connectivity index (χ2n) is 2.24. The summed E-state index contributed by atoms with van der Waals surface area (Å²) in [5.41, 5.74) is 0. The van der Waals surface area contributed by atoms with Crippen LogP contribution in [0.15, 0.2) is 0 Å². The zero-order valence-electron chi connectivity index (χ0n) is 8.17. The van der Waals surface area contributed by atoms with Crippen molar-refractivity contribution in [3.05, 3.63) is 0 Å². The molecule has 0 rings (SSSR count). The number of hydrogen-bond donors (Lipinski definition) is 0. The summed E-state index contributed by atoms with van der Waals surface area (Å²) in [5.74, 6) is -1.92. The van der Waals surface area contributed by atoms with E-state index in [1.165, 1.54) is 0 Å². The van der Waals surface area contributed by atoms with Crippen LogP contribution in [-0.2, 0) is 9.59 Å². The minimum absolute atomic E-state index is 0. The quantitative estimate of drug-likeness (QED) is 0.548. The van der Waals surface area contributed by atoms with Gasteiger partial charge in [-0.1, -0.05) is 26.7 Å². The molecule has 0 aliphatic heterocycles. The first-order valence-corrected chi connectivity index (χ1v) is 3.94. The zero-order chi connectivity index (χ0) is 9.98. The summed E-state index contributed by atoms with van der Waals surface area (Å²) in [6.07, 6.45) is 1.70. The van der Waals surface area contributed by atoms with Gasteiger partial charge in [0, 0.05) is 11.9 Å². The van der Waals surface area contributed by atoms with Gasteiger partial charge in [-0.2, -0.15) is 0 Å². The molecule has 0 fully saturated rings. The Morgan fingerprint density at radius 1 is 0.923 bits per heavy atom. The third-order valence-electron chi connectivity index (χ3n) is 0.908. The third-order valence-corrected chi connectivity index (χ3v) is 0.908. The van der Waals surface area contributed by atoms with Gasteiger partial charge in [0.1, 0.15) is 0 Å². The van der Waals surface area contributed by atoms with Crippen LogP contribution in [0.2, 0.25) is 0 Å². The molecule has 5 heteroatoms. The molecule has 0 aromatic rings. The van der Waals surface area contributed by atoms with E-state index in [0.717, 1.165) is 0 Å². The molecule has 0 N–H and O–H groups in total. The Bertz CT molecular complexity index is 120. The van der Waals surface area contributed by atoms with Crippen molar-refractivity contribution < 1.29 is 19.8 Å². The Balaban J connectivity index is -0.000000143. The van der Waals surface area contributed by atoms with Gasteiger partial charge in [-0.25, -0.2) is 0 Å². The zero-order valence-corrected chi connectivity index (χ0v) is 11.1. The van der Waals surface area contributed by atoms with Gasteiger partial charge < -0.3 is 19.8 Å². The molecule has 0 saturated carbocycles. The Kier molecular flexibility index (Phi) is 19.8. The molecule has 0 unspecified atom stereocenters. The van der Waals surface area contributed by atoms with Gasteiger partial charge in [0.15, 0.2) is 0 Å². The summed E-state index contributed by atoms with van der Waals surface area (Å²) in [6.45, 7) is 3.60. The van der Waals surface area contributed by atoms with E-state index in [1.807, 2.05) is 0 Å². The summed E-state index contributed by atoms with van der Waals surface area (Å²) >= 11 is 0. The van der Waals surface area contributed by atoms with Crippen LogP contribution in [0.5, 0.6) is 0 Å². The molecule has 13 heavy (non-hydrogen) atoms. The molecule has 0 atom stereocenters. The molecule has 4 nitrogen and oxygen atoms in total. The van der Waals surface area contributed by atoms with E-state index in [2.05, 4.69) is 0 Å². The van der Waals surface area contributed by atoms with E-state index in [4.69, 9.17) is 0 Å². The first kappa shape index (κ1) is 18.3. The van der Waals surface area contributed by atoms with Gasteiger partial charge in [-0.05, 0) is 12.8 Å². The number of carboxylic acids is 2. The Labute approximate surface area is 89.3 Å². The van der Waals surface area contributed by atoms with Gasteiger partial charge in [0.25, 0.3) is 0 Å². The molecule has 76 valence electrons. The summed E-state index contributed by atoms with van der Waals surface area (Å²) in [5, 5.41) is 19.0. The number of aliphatic carboxylic acids is 2. The normalized spacial score (nSPS) is 7.54. The van der Waals surface area contributed by atoms with Gasteiger partial charge in [0.2, 0.25) is 0 Å². The van der Waals surface area contributed by atoms with Crippen LogP contribution in [0.25, 0.3) is 0 Å². The summed E-state index contributed by atoms with van der Waals surface area (Å²) in [6, 6.07) is 0. The van der Waals surface area contributed by atoms with Crippen molar-refractivity contribution in [1.82, 2.24) is 0 Å². The van der Waals surface area contributed by atoms with Crippen LogP contribution < -0.4 is 10.2 Å². The summed E-state index contributed by atoms with van der Waals surface area (Å²) < 4.78 is 0. The predicted octanol–water partition coefficient (Wildman–Crippen LogP) is -1.84. The van der Waals surface area contributed by atoms with E-state index in [9.17, 15) is 19.8 Å². The van der Waals surface area contributed by atoms with Crippen molar-refractivity contribution in [2.75, 3.05) is 0 Å². The number of carbonyl (C=O) groups excluding carboxylic acids is 2. The average molecular weight is 249 g/mol.